The van der Waals surface area contributed by atoms with E-state index in [4.69, 9.17) is 9.47 Å². The first-order valence-corrected chi connectivity index (χ1v) is 6.44. The molecule has 0 saturated heterocycles. The number of carbonyl (C=O) groups excluding carboxylic acids is 1. The van der Waals surface area contributed by atoms with Crippen molar-refractivity contribution in [3.05, 3.63) is 23.9 Å². The van der Waals surface area contributed by atoms with E-state index in [1.807, 2.05) is 18.2 Å². The SMILES string of the molecule is CCCCCCOc1cccc(COC(C)=O)n1. The van der Waals surface area contributed by atoms with Crippen molar-refractivity contribution in [1.29, 1.82) is 0 Å². The first-order valence-electron chi connectivity index (χ1n) is 6.44. The van der Waals surface area contributed by atoms with Gasteiger partial charge >= 0.3 is 5.97 Å². The zero-order valence-electron chi connectivity index (χ0n) is 11.1. The molecule has 1 rings (SSSR count). The van der Waals surface area contributed by atoms with Crippen LogP contribution < -0.4 is 4.74 Å². The molecular formula is C14H21NO3. The van der Waals surface area contributed by atoms with Crippen molar-refractivity contribution >= 4 is 5.97 Å². The third-order valence-electron chi connectivity index (χ3n) is 2.45. The summed E-state index contributed by atoms with van der Waals surface area (Å²) in [6, 6.07) is 5.48. The van der Waals surface area contributed by atoms with Gasteiger partial charge in [0.1, 0.15) is 6.61 Å². The highest BCUT2D eigenvalue weighted by molar-refractivity contribution is 5.65. The molecule has 0 aliphatic carbocycles. The molecule has 0 fully saturated rings. The summed E-state index contributed by atoms with van der Waals surface area (Å²) < 4.78 is 10.4. The summed E-state index contributed by atoms with van der Waals surface area (Å²) in [6.07, 6.45) is 4.69. The third kappa shape index (κ3) is 6.23. The number of aromatic nitrogens is 1. The topological polar surface area (TPSA) is 48.4 Å². The van der Waals surface area contributed by atoms with Crippen LogP contribution in [-0.2, 0) is 16.1 Å². The average Bonchev–Trinajstić information content (AvgIpc) is 2.37. The quantitative estimate of drug-likeness (QED) is 0.526. The Balaban J connectivity index is 2.32. The fraction of sp³-hybridized carbons (Fsp3) is 0.571. The van der Waals surface area contributed by atoms with Crippen molar-refractivity contribution < 1.29 is 14.3 Å². The number of hydrogen-bond acceptors (Lipinski definition) is 4. The second-order valence-electron chi connectivity index (χ2n) is 4.16. The van der Waals surface area contributed by atoms with Gasteiger partial charge in [-0.15, -0.1) is 0 Å². The van der Waals surface area contributed by atoms with Crippen LogP contribution in [-0.4, -0.2) is 17.6 Å². The Morgan fingerprint density at radius 1 is 1.28 bits per heavy atom. The van der Waals surface area contributed by atoms with E-state index in [1.165, 1.54) is 26.2 Å². The van der Waals surface area contributed by atoms with Crippen LogP contribution in [0.2, 0.25) is 0 Å². The molecule has 0 radical (unpaired) electrons. The summed E-state index contributed by atoms with van der Waals surface area (Å²) in [7, 11) is 0. The smallest absolute Gasteiger partial charge is 0.303 e. The fourth-order valence-electron chi connectivity index (χ4n) is 1.50. The molecule has 18 heavy (non-hydrogen) atoms. The number of hydrogen-bond donors (Lipinski definition) is 0. The highest BCUT2D eigenvalue weighted by Gasteiger charge is 2.01. The Kier molecular flexibility index (Phi) is 6.84. The Hall–Kier alpha value is -1.58. The van der Waals surface area contributed by atoms with Crippen LogP contribution in [0.4, 0.5) is 0 Å². The monoisotopic (exact) mass is 251 g/mol. The van der Waals surface area contributed by atoms with Gasteiger partial charge < -0.3 is 9.47 Å². The number of esters is 1. The van der Waals surface area contributed by atoms with E-state index in [1.54, 1.807) is 0 Å². The Bertz CT molecular complexity index is 366. The summed E-state index contributed by atoms with van der Waals surface area (Å²) in [6.45, 7) is 4.45. The van der Waals surface area contributed by atoms with E-state index in [0.717, 1.165) is 6.42 Å². The Labute approximate surface area is 108 Å². The molecule has 0 N–H and O–H groups in total. The van der Waals surface area contributed by atoms with Crippen LogP contribution in [0.1, 0.15) is 45.2 Å². The van der Waals surface area contributed by atoms with Crippen molar-refractivity contribution in [2.24, 2.45) is 0 Å². The van der Waals surface area contributed by atoms with Crippen molar-refractivity contribution in [2.45, 2.75) is 46.1 Å². The van der Waals surface area contributed by atoms with Gasteiger partial charge in [-0.1, -0.05) is 32.3 Å². The maximum atomic E-state index is 10.7. The zero-order valence-corrected chi connectivity index (χ0v) is 11.1. The molecule has 0 aromatic carbocycles. The molecule has 0 unspecified atom stereocenters. The van der Waals surface area contributed by atoms with Gasteiger partial charge in [0.2, 0.25) is 5.88 Å². The molecule has 1 aromatic rings. The standard InChI is InChI=1S/C14H21NO3/c1-3-4-5-6-10-17-14-9-7-8-13(15-14)11-18-12(2)16/h7-9H,3-6,10-11H2,1-2H3. The minimum Gasteiger partial charge on any atom is -0.478 e. The molecule has 1 heterocycles. The number of nitrogens with zero attached hydrogens (tertiary/aromatic N) is 1. The van der Waals surface area contributed by atoms with Gasteiger partial charge in [-0.05, 0) is 12.5 Å². The summed E-state index contributed by atoms with van der Waals surface area (Å²) in [5.74, 6) is 0.291. The second-order valence-corrected chi connectivity index (χ2v) is 4.16. The molecule has 0 amide bonds. The zero-order chi connectivity index (χ0) is 13.2. The van der Waals surface area contributed by atoms with E-state index in [0.29, 0.717) is 18.2 Å². The fourth-order valence-corrected chi connectivity index (χ4v) is 1.50. The Morgan fingerprint density at radius 3 is 2.83 bits per heavy atom. The highest BCUT2D eigenvalue weighted by Crippen LogP contribution is 2.09. The molecule has 0 atom stereocenters. The van der Waals surface area contributed by atoms with Gasteiger partial charge in [-0.3, -0.25) is 4.79 Å². The van der Waals surface area contributed by atoms with Crippen LogP contribution in [0, 0.1) is 0 Å². The average molecular weight is 251 g/mol. The van der Waals surface area contributed by atoms with Gasteiger partial charge in [0, 0.05) is 13.0 Å². The second kappa shape index (κ2) is 8.50. The van der Waals surface area contributed by atoms with E-state index >= 15 is 0 Å². The van der Waals surface area contributed by atoms with Crippen LogP contribution in [0.25, 0.3) is 0 Å². The van der Waals surface area contributed by atoms with Crippen LogP contribution >= 0.6 is 0 Å². The summed E-state index contributed by atoms with van der Waals surface area (Å²) in [5, 5.41) is 0. The number of pyridine rings is 1. The Morgan fingerprint density at radius 2 is 2.11 bits per heavy atom. The van der Waals surface area contributed by atoms with E-state index in [9.17, 15) is 4.79 Å². The molecule has 1 aromatic heterocycles. The molecule has 0 bridgehead atoms. The molecule has 0 aliphatic heterocycles. The largest absolute Gasteiger partial charge is 0.478 e. The van der Waals surface area contributed by atoms with E-state index < -0.39 is 0 Å². The maximum absolute atomic E-state index is 10.7. The third-order valence-corrected chi connectivity index (χ3v) is 2.45. The van der Waals surface area contributed by atoms with Gasteiger partial charge in [-0.25, -0.2) is 4.98 Å². The van der Waals surface area contributed by atoms with Crippen molar-refractivity contribution in [3.63, 3.8) is 0 Å². The number of rotatable bonds is 8. The lowest BCUT2D eigenvalue weighted by Gasteiger charge is -2.07. The van der Waals surface area contributed by atoms with Crippen LogP contribution in [0.5, 0.6) is 5.88 Å². The highest BCUT2D eigenvalue weighted by atomic mass is 16.5. The maximum Gasteiger partial charge on any atom is 0.303 e. The van der Waals surface area contributed by atoms with E-state index in [2.05, 4.69) is 11.9 Å². The number of unbranched alkanes of at least 4 members (excludes halogenated alkanes) is 3. The van der Waals surface area contributed by atoms with Crippen molar-refractivity contribution in [3.8, 4) is 5.88 Å². The molecule has 4 nitrogen and oxygen atoms in total. The van der Waals surface area contributed by atoms with Crippen molar-refractivity contribution in [1.82, 2.24) is 4.98 Å². The lowest BCUT2D eigenvalue weighted by Crippen LogP contribution is -2.03. The van der Waals surface area contributed by atoms with Gasteiger partial charge in [0.05, 0.1) is 12.3 Å². The number of ether oxygens (including phenoxy) is 2. The van der Waals surface area contributed by atoms with Gasteiger partial charge in [-0.2, -0.15) is 0 Å². The minimum atomic E-state index is -0.303. The molecule has 0 aliphatic rings. The van der Waals surface area contributed by atoms with E-state index in [-0.39, 0.29) is 12.6 Å². The summed E-state index contributed by atoms with van der Waals surface area (Å²) >= 11 is 0. The predicted molar refractivity (Wildman–Crippen MR) is 69.3 cm³/mol. The van der Waals surface area contributed by atoms with Crippen molar-refractivity contribution in [2.75, 3.05) is 6.61 Å². The van der Waals surface area contributed by atoms with Gasteiger partial charge in [0.25, 0.3) is 0 Å². The summed E-state index contributed by atoms with van der Waals surface area (Å²) in [4.78, 5) is 15.0. The van der Waals surface area contributed by atoms with Gasteiger partial charge in [0.15, 0.2) is 0 Å². The molecule has 100 valence electrons. The first kappa shape index (κ1) is 14.5. The summed E-state index contributed by atoms with van der Waals surface area (Å²) in [5.41, 5.74) is 0.705. The predicted octanol–water partition coefficient (Wildman–Crippen LogP) is 3.10. The molecule has 0 spiro atoms. The molecule has 4 heteroatoms. The molecule has 0 saturated carbocycles. The molecular weight excluding hydrogens is 230 g/mol. The number of carbonyl (C=O) groups is 1. The van der Waals surface area contributed by atoms with Crippen LogP contribution in [0.15, 0.2) is 18.2 Å². The van der Waals surface area contributed by atoms with Crippen LogP contribution in [0.3, 0.4) is 0 Å². The minimum absolute atomic E-state index is 0.197. The lowest BCUT2D eigenvalue weighted by atomic mass is 10.2. The normalized spacial score (nSPS) is 10.1. The lowest BCUT2D eigenvalue weighted by molar-refractivity contribution is -0.142. The first-order chi connectivity index (χ1) is 8.72.